The van der Waals surface area contributed by atoms with Crippen molar-refractivity contribution in [3.8, 4) is 0 Å². The van der Waals surface area contributed by atoms with Crippen LogP contribution in [-0.2, 0) is 24.2 Å². The maximum atomic E-state index is 12.8. The zero-order valence-corrected chi connectivity index (χ0v) is 18.9. The van der Waals surface area contributed by atoms with Crippen LogP contribution in [0, 0.1) is 0 Å². The fraction of sp³-hybridized carbons (Fsp3) is 0.577. The van der Waals surface area contributed by atoms with Gasteiger partial charge in [-0.15, -0.1) is 0 Å². The van der Waals surface area contributed by atoms with Gasteiger partial charge in [0.2, 0.25) is 5.91 Å². The highest BCUT2D eigenvalue weighted by atomic mass is 16.2. The van der Waals surface area contributed by atoms with Crippen molar-refractivity contribution in [3.05, 3.63) is 63.3 Å². The molecular formula is C26H34N4O2. The molecule has 1 aromatic heterocycles. The van der Waals surface area contributed by atoms with E-state index in [1.165, 1.54) is 37.7 Å². The number of aromatic amines is 1. The molecule has 1 N–H and O–H groups in total. The number of carbonyl (C=O) groups is 1. The van der Waals surface area contributed by atoms with E-state index < -0.39 is 0 Å². The van der Waals surface area contributed by atoms with Gasteiger partial charge in [-0.05, 0) is 37.7 Å². The standard InChI is InChI=1S/C26H34N4O2/c31-24(12-11-19-7-3-1-4-8-19)30-15-13-20(17-30)25-27-23-18-29(21-9-5-2-6-10-21)16-14-22(23)26(32)28-25/h1,3-4,7-8,20-21H,2,5-6,9-18H2,(H,27,28,32)/t20-/m0/s1. The molecule has 0 spiro atoms. The molecule has 1 atom stereocenters. The van der Waals surface area contributed by atoms with Crippen LogP contribution < -0.4 is 5.56 Å². The molecule has 0 unspecified atom stereocenters. The molecule has 1 aliphatic carbocycles. The lowest BCUT2D eigenvalue weighted by atomic mass is 9.92. The molecule has 1 amide bonds. The molecule has 1 saturated heterocycles. The van der Waals surface area contributed by atoms with Gasteiger partial charge in [0.05, 0.1) is 5.69 Å². The number of benzene rings is 1. The number of amides is 1. The Morgan fingerprint density at radius 3 is 2.69 bits per heavy atom. The lowest BCUT2D eigenvalue weighted by molar-refractivity contribution is -0.130. The van der Waals surface area contributed by atoms with Crippen molar-refractivity contribution in [1.82, 2.24) is 19.8 Å². The molecule has 3 aliphatic rings. The summed E-state index contributed by atoms with van der Waals surface area (Å²) in [6, 6.07) is 10.8. The molecule has 2 aliphatic heterocycles. The molecule has 3 heterocycles. The molecule has 0 bridgehead atoms. The lowest BCUT2D eigenvalue weighted by Crippen LogP contribution is -2.42. The zero-order valence-electron chi connectivity index (χ0n) is 18.9. The van der Waals surface area contributed by atoms with E-state index in [1.807, 2.05) is 23.1 Å². The highest BCUT2D eigenvalue weighted by molar-refractivity contribution is 5.76. The number of rotatable bonds is 5. The van der Waals surface area contributed by atoms with Gasteiger partial charge >= 0.3 is 0 Å². The van der Waals surface area contributed by atoms with E-state index in [0.29, 0.717) is 19.0 Å². The molecule has 6 nitrogen and oxygen atoms in total. The summed E-state index contributed by atoms with van der Waals surface area (Å²) in [7, 11) is 0. The van der Waals surface area contributed by atoms with Gasteiger partial charge in [-0.3, -0.25) is 14.5 Å². The Hall–Kier alpha value is -2.47. The van der Waals surface area contributed by atoms with E-state index in [2.05, 4.69) is 22.0 Å². The molecule has 5 rings (SSSR count). The predicted molar refractivity (Wildman–Crippen MR) is 125 cm³/mol. The molecule has 2 fully saturated rings. The van der Waals surface area contributed by atoms with Gasteiger partial charge < -0.3 is 9.88 Å². The number of aryl methyl sites for hydroxylation is 1. The van der Waals surface area contributed by atoms with E-state index in [-0.39, 0.29) is 17.4 Å². The third-order valence-electron chi connectivity index (χ3n) is 7.61. The van der Waals surface area contributed by atoms with Crippen LogP contribution in [0.3, 0.4) is 0 Å². The summed E-state index contributed by atoms with van der Waals surface area (Å²) in [6.07, 6.45) is 9.49. The number of carbonyl (C=O) groups excluding carboxylic acids is 1. The number of nitrogens with one attached hydrogen (secondary N) is 1. The number of hydrogen-bond donors (Lipinski definition) is 1. The lowest BCUT2D eigenvalue weighted by Gasteiger charge is -2.37. The Labute approximate surface area is 190 Å². The second kappa shape index (κ2) is 9.57. The van der Waals surface area contributed by atoms with Crippen molar-refractivity contribution in [2.45, 2.75) is 76.3 Å². The summed E-state index contributed by atoms with van der Waals surface area (Å²) < 4.78 is 0. The molecule has 2 aromatic rings. The highest BCUT2D eigenvalue weighted by Gasteiger charge is 2.31. The molecule has 1 saturated carbocycles. The van der Waals surface area contributed by atoms with Crippen LogP contribution in [0.1, 0.15) is 73.5 Å². The first-order valence-corrected chi connectivity index (χ1v) is 12.3. The van der Waals surface area contributed by atoms with Crippen LogP contribution in [0.2, 0.25) is 0 Å². The first-order chi connectivity index (χ1) is 15.7. The van der Waals surface area contributed by atoms with Gasteiger partial charge in [-0.1, -0.05) is 49.6 Å². The third kappa shape index (κ3) is 4.65. The van der Waals surface area contributed by atoms with Gasteiger partial charge in [0.25, 0.3) is 5.56 Å². The Morgan fingerprint density at radius 2 is 1.88 bits per heavy atom. The van der Waals surface area contributed by atoms with Crippen molar-refractivity contribution < 1.29 is 4.79 Å². The smallest absolute Gasteiger partial charge is 0.254 e. The normalized spacial score (nSPS) is 22.1. The Kier molecular flexibility index (Phi) is 6.39. The van der Waals surface area contributed by atoms with Gasteiger partial charge in [0.15, 0.2) is 0 Å². The molecule has 0 radical (unpaired) electrons. The predicted octanol–water partition coefficient (Wildman–Crippen LogP) is 3.41. The van der Waals surface area contributed by atoms with E-state index in [9.17, 15) is 9.59 Å². The van der Waals surface area contributed by atoms with Crippen LogP contribution in [-0.4, -0.2) is 51.4 Å². The SMILES string of the molecule is O=C(CCc1ccccc1)N1CC[C@H](c2nc3c(c(=O)[nH]2)CCN(C2CCCCC2)C3)C1. The number of aromatic nitrogens is 2. The summed E-state index contributed by atoms with van der Waals surface area (Å²) in [6.45, 7) is 3.16. The summed E-state index contributed by atoms with van der Waals surface area (Å²) in [5.74, 6) is 1.09. The van der Waals surface area contributed by atoms with Crippen molar-refractivity contribution >= 4 is 5.91 Å². The van der Waals surface area contributed by atoms with Gasteiger partial charge in [-0.2, -0.15) is 0 Å². The summed E-state index contributed by atoms with van der Waals surface area (Å²) in [5.41, 5.74) is 3.06. The molecule has 1 aromatic carbocycles. The Morgan fingerprint density at radius 1 is 1.06 bits per heavy atom. The first-order valence-electron chi connectivity index (χ1n) is 12.3. The quantitative estimate of drug-likeness (QED) is 0.783. The summed E-state index contributed by atoms with van der Waals surface area (Å²) >= 11 is 0. The highest BCUT2D eigenvalue weighted by Crippen LogP contribution is 2.29. The maximum absolute atomic E-state index is 12.8. The first kappa shape index (κ1) is 21.4. The van der Waals surface area contributed by atoms with Crippen molar-refractivity contribution in [2.24, 2.45) is 0 Å². The summed E-state index contributed by atoms with van der Waals surface area (Å²) in [5, 5.41) is 0. The maximum Gasteiger partial charge on any atom is 0.254 e. The minimum absolute atomic E-state index is 0.0298. The minimum atomic E-state index is 0.0298. The third-order valence-corrected chi connectivity index (χ3v) is 7.61. The molecule has 170 valence electrons. The minimum Gasteiger partial charge on any atom is -0.342 e. The summed E-state index contributed by atoms with van der Waals surface area (Å²) in [4.78, 5) is 38.1. The monoisotopic (exact) mass is 434 g/mol. The van der Waals surface area contributed by atoms with Gasteiger partial charge in [0.1, 0.15) is 5.82 Å². The van der Waals surface area contributed by atoms with E-state index in [1.54, 1.807) is 0 Å². The number of fused-ring (bicyclic) bond motifs is 1. The average Bonchev–Trinajstić information content (AvgIpc) is 3.34. The van der Waals surface area contributed by atoms with E-state index in [4.69, 9.17) is 4.98 Å². The van der Waals surface area contributed by atoms with Crippen LogP contribution >= 0.6 is 0 Å². The number of hydrogen-bond acceptors (Lipinski definition) is 4. The van der Waals surface area contributed by atoms with Crippen LogP contribution in [0.25, 0.3) is 0 Å². The van der Waals surface area contributed by atoms with Gasteiger partial charge in [0, 0.05) is 50.1 Å². The molecule has 32 heavy (non-hydrogen) atoms. The fourth-order valence-electron chi connectivity index (χ4n) is 5.69. The van der Waals surface area contributed by atoms with Crippen molar-refractivity contribution in [2.75, 3.05) is 19.6 Å². The largest absolute Gasteiger partial charge is 0.342 e. The number of H-pyrrole nitrogens is 1. The van der Waals surface area contributed by atoms with E-state index >= 15 is 0 Å². The Balaban J connectivity index is 1.23. The van der Waals surface area contributed by atoms with Crippen molar-refractivity contribution in [1.29, 1.82) is 0 Å². The second-order valence-corrected chi connectivity index (χ2v) is 9.70. The van der Waals surface area contributed by atoms with Crippen LogP contribution in [0.4, 0.5) is 0 Å². The van der Waals surface area contributed by atoms with Gasteiger partial charge in [-0.25, -0.2) is 4.98 Å². The van der Waals surface area contributed by atoms with Crippen LogP contribution in [0.5, 0.6) is 0 Å². The fourth-order valence-corrected chi connectivity index (χ4v) is 5.69. The van der Waals surface area contributed by atoms with E-state index in [0.717, 1.165) is 56.0 Å². The second-order valence-electron chi connectivity index (χ2n) is 9.70. The van der Waals surface area contributed by atoms with Crippen LogP contribution in [0.15, 0.2) is 35.1 Å². The average molecular weight is 435 g/mol. The zero-order chi connectivity index (χ0) is 21.9. The molecular weight excluding hydrogens is 400 g/mol. The number of nitrogens with zero attached hydrogens (tertiary/aromatic N) is 3. The van der Waals surface area contributed by atoms with Crippen molar-refractivity contribution in [3.63, 3.8) is 0 Å². The topological polar surface area (TPSA) is 69.3 Å². The molecule has 6 heteroatoms. The number of likely N-dealkylation sites (tertiary alicyclic amines) is 1. The Bertz CT molecular complexity index is 997.